The third-order valence-corrected chi connectivity index (χ3v) is 5.15. The molecule has 1 aliphatic heterocycles. The second kappa shape index (κ2) is 7.07. The molecule has 0 bridgehead atoms. The zero-order chi connectivity index (χ0) is 15.4. The molecule has 114 valence electrons. The van der Waals surface area contributed by atoms with Gasteiger partial charge in [0, 0.05) is 48.3 Å². The van der Waals surface area contributed by atoms with Gasteiger partial charge >= 0.3 is 0 Å². The van der Waals surface area contributed by atoms with Crippen molar-refractivity contribution in [3.8, 4) is 0 Å². The Morgan fingerprint density at radius 2 is 2.00 bits per heavy atom. The largest absolute Gasteiger partial charge is 0.345 e. The van der Waals surface area contributed by atoms with Gasteiger partial charge in [-0.25, -0.2) is 4.98 Å². The van der Waals surface area contributed by atoms with E-state index in [2.05, 4.69) is 25.8 Å². The van der Waals surface area contributed by atoms with Gasteiger partial charge in [-0.15, -0.1) is 11.3 Å². The van der Waals surface area contributed by atoms with Crippen LogP contribution >= 0.6 is 27.3 Å². The third kappa shape index (κ3) is 3.56. The first kappa shape index (κ1) is 15.2. The van der Waals surface area contributed by atoms with Gasteiger partial charge in [0.1, 0.15) is 0 Å². The molecule has 4 nitrogen and oxygen atoms in total. The highest BCUT2D eigenvalue weighted by Crippen LogP contribution is 2.20. The molecule has 1 saturated heterocycles. The quantitative estimate of drug-likeness (QED) is 0.770. The van der Waals surface area contributed by atoms with Gasteiger partial charge in [0.05, 0.1) is 0 Å². The summed E-state index contributed by atoms with van der Waals surface area (Å²) in [6, 6.07) is 7.87. The number of rotatable bonds is 3. The number of benzene rings is 1. The van der Waals surface area contributed by atoms with E-state index in [1.54, 1.807) is 17.4 Å². The second-order valence-corrected chi connectivity index (χ2v) is 6.71. The lowest BCUT2D eigenvalue weighted by atomic mass is 10.2. The Hall–Kier alpha value is -1.66. The van der Waals surface area contributed by atoms with Crippen LogP contribution in [0.15, 0.2) is 46.4 Å². The predicted octanol–water partition coefficient (Wildman–Crippen LogP) is 3.27. The van der Waals surface area contributed by atoms with E-state index in [0.29, 0.717) is 0 Å². The number of hydrogen-bond donors (Lipinski definition) is 0. The molecule has 6 heteroatoms. The molecule has 0 saturated carbocycles. The maximum absolute atomic E-state index is 12.3. The predicted molar refractivity (Wildman–Crippen MR) is 94.1 cm³/mol. The molecule has 22 heavy (non-hydrogen) atoms. The Kier molecular flexibility index (Phi) is 4.90. The van der Waals surface area contributed by atoms with Crippen molar-refractivity contribution in [1.29, 1.82) is 0 Å². The van der Waals surface area contributed by atoms with Gasteiger partial charge in [0.25, 0.3) is 0 Å². The van der Waals surface area contributed by atoms with Gasteiger partial charge < -0.3 is 9.80 Å². The highest BCUT2D eigenvalue weighted by atomic mass is 79.9. The van der Waals surface area contributed by atoms with Gasteiger partial charge in [-0.1, -0.05) is 34.1 Å². The average molecular weight is 378 g/mol. The maximum Gasteiger partial charge on any atom is 0.246 e. The zero-order valence-electron chi connectivity index (χ0n) is 12.0. The molecule has 1 aromatic carbocycles. The first-order valence-electron chi connectivity index (χ1n) is 7.10. The molecule has 1 aliphatic rings. The number of hydrogen-bond acceptors (Lipinski definition) is 4. The topological polar surface area (TPSA) is 36.4 Å². The molecule has 3 rings (SSSR count). The fourth-order valence-electron chi connectivity index (χ4n) is 2.37. The zero-order valence-corrected chi connectivity index (χ0v) is 14.4. The van der Waals surface area contributed by atoms with Crippen molar-refractivity contribution in [2.45, 2.75) is 0 Å². The minimum atomic E-state index is 0.0644. The standard InChI is InChI=1S/C16H16BrN3OS/c17-14-4-2-1-3-13(14)5-6-15(21)19-8-10-20(11-9-19)16-18-7-12-22-16/h1-7,12H,8-11H2/b6-5+. The van der Waals surface area contributed by atoms with Crippen LogP contribution in [0.1, 0.15) is 5.56 Å². The maximum atomic E-state index is 12.3. The van der Waals surface area contributed by atoms with Crippen LogP contribution in [-0.2, 0) is 4.79 Å². The number of aromatic nitrogens is 1. The van der Waals surface area contributed by atoms with Crippen LogP contribution in [0.3, 0.4) is 0 Å². The monoisotopic (exact) mass is 377 g/mol. The number of halogens is 1. The van der Waals surface area contributed by atoms with Gasteiger partial charge in [-0.05, 0) is 17.7 Å². The summed E-state index contributed by atoms with van der Waals surface area (Å²) >= 11 is 5.12. The number of carbonyl (C=O) groups excluding carboxylic acids is 1. The summed E-state index contributed by atoms with van der Waals surface area (Å²) in [6.45, 7) is 3.14. The van der Waals surface area contributed by atoms with E-state index in [4.69, 9.17) is 0 Å². The molecule has 0 spiro atoms. The summed E-state index contributed by atoms with van der Waals surface area (Å²) in [5, 5.41) is 3.02. The van der Waals surface area contributed by atoms with Crippen LogP contribution in [0.2, 0.25) is 0 Å². The summed E-state index contributed by atoms with van der Waals surface area (Å²) < 4.78 is 0.993. The van der Waals surface area contributed by atoms with Gasteiger partial charge in [-0.2, -0.15) is 0 Å². The second-order valence-electron chi connectivity index (χ2n) is 4.98. The van der Waals surface area contributed by atoms with Gasteiger partial charge in [0.2, 0.25) is 5.91 Å². The van der Waals surface area contributed by atoms with E-state index in [0.717, 1.165) is 41.3 Å². The molecule has 0 N–H and O–H groups in total. The van der Waals surface area contributed by atoms with Gasteiger partial charge in [0.15, 0.2) is 5.13 Å². The van der Waals surface area contributed by atoms with Crippen molar-refractivity contribution in [3.63, 3.8) is 0 Å². The molecule has 0 aliphatic carbocycles. The lowest BCUT2D eigenvalue weighted by Gasteiger charge is -2.34. The van der Waals surface area contributed by atoms with Crippen molar-refractivity contribution < 1.29 is 4.79 Å². The fourth-order valence-corrected chi connectivity index (χ4v) is 3.48. The Labute approximate surface area is 142 Å². The molecule has 0 radical (unpaired) electrons. The highest BCUT2D eigenvalue weighted by Gasteiger charge is 2.20. The molecule has 2 aromatic rings. The minimum Gasteiger partial charge on any atom is -0.345 e. The molecular weight excluding hydrogens is 362 g/mol. The van der Waals surface area contributed by atoms with Crippen LogP contribution in [0, 0.1) is 0 Å². The molecule has 1 aromatic heterocycles. The molecular formula is C16H16BrN3OS. The number of anilines is 1. The number of amides is 1. The van der Waals surface area contributed by atoms with E-state index < -0.39 is 0 Å². The molecule has 1 amide bonds. The Bertz CT molecular complexity index is 664. The first-order valence-corrected chi connectivity index (χ1v) is 8.77. The summed E-state index contributed by atoms with van der Waals surface area (Å²) in [4.78, 5) is 20.7. The molecule has 0 unspecified atom stereocenters. The number of nitrogens with zero attached hydrogens (tertiary/aromatic N) is 3. The summed E-state index contributed by atoms with van der Waals surface area (Å²) in [5.74, 6) is 0.0644. The number of carbonyl (C=O) groups is 1. The summed E-state index contributed by atoms with van der Waals surface area (Å²) in [6.07, 6.45) is 5.33. The molecule has 2 heterocycles. The van der Waals surface area contributed by atoms with Crippen LogP contribution < -0.4 is 4.90 Å². The smallest absolute Gasteiger partial charge is 0.246 e. The van der Waals surface area contributed by atoms with E-state index in [1.165, 1.54) is 0 Å². The van der Waals surface area contributed by atoms with E-state index >= 15 is 0 Å². The van der Waals surface area contributed by atoms with Crippen molar-refractivity contribution in [2.75, 3.05) is 31.1 Å². The first-order chi connectivity index (χ1) is 10.7. The lowest BCUT2D eigenvalue weighted by molar-refractivity contribution is -0.126. The van der Waals surface area contributed by atoms with Crippen LogP contribution in [0.4, 0.5) is 5.13 Å². The summed E-state index contributed by atoms with van der Waals surface area (Å²) in [5.41, 5.74) is 1.01. The Balaban J connectivity index is 1.57. The highest BCUT2D eigenvalue weighted by molar-refractivity contribution is 9.10. The van der Waals surface area contributed by atoms with Crippen LogP contribution in [0.25, 0.3) is 6.08 Å². The SMILES string of the molecule is O=C(/C=C/c1ccccc1Br)N1CCN(c2nccs2)CC1. The van der Waals surface area contributed by atoms with Crippen molar-refractivity contribution in [2.24, 2.45) is 0 Å². The molecule has 1 fully saturated rings. The number of piperazine rings is 1. The van der Waals surface area contributed by atoms with Crippen molar-refractivity contribution >= 4 is 44.4 Å². The van der Waals surface area contributed by atoms with E-state index in [1.807, 2.05) is 46.8 Å². The van der Waals surface area contributed by atoms with Crippen LogP contribution in [0.5, 0.6) is 0 Å². The Morgan fingerprint density at radius 1 is 1.23 bits per heavy atom. The summed E-state index contributed by atoms with van der Waals surface area (Å²) in [7, 11) is 0. The fraction of sp³-hybridized carbons (Fsp3) is 0.250. The van der Waals surface area contributed by atoms with Gasteiger partial charge in [-0.3, -0.25) is 4.79 Å². The Morgan fingerprint density at radius 3 is 2.68 bits per heavy atom. The van der Waals surface area contributed by atoms with Crippen molar-refractivity contribution in [3.05, 3.63) is 52.0 Å². The number of thiazole rings is 1. The molecule has 0 atom stereocenters. The van der Waals surface area contributed by atoms with Crippen molar-refractivity contribution in [1.82, 2.24) is 9.88 Å². The van der Waals surface area contributed by atoms with E-state index in [9.17, 15) is 4.79 Å². The lowest BCUT2D eigenvalue weighted by Crippen LogP contribution is -2.48. The normalized spacial score (nSPS) is 15.5. The third-order valence-electron chi connectivity index (χ3n) is 3.59. The average Bonchev–Trinajstić information content (AvgIpc) is 3.08. The van der Waals surface area contributed by atoms with Crippen LogP contribution in [-0.4, -0.2) is 42.0 Å². The van der Waals surface area contributed by atoms with E-state index in [-0.39, 0.29) is 5.91 Å². The minimum absolute atomic E-state index is 0.0644.